The summed E-state index contributed by atoms with van der Waals surface area (Å²) in [4.78, 5) is 12.2. The van der Waals surface area contributed by atoms with Crippen LogP contribution in [-0.2, 0) is 18.4 Å². The Balaban J connectivity index is 1.55. The molecule has 2 aromatic carbocycles. The first kappa shape index (κ1) is 21.0. The molecule has 28 heavy (non-hydrogen) atoms. The minimum Gasteiger partial charge on any atom is -0.486 e. The molecule has 6 nitrogen and oxygen atoms in total. The van der Waals surface area contributed by atoms with E-state index in [2.05, 4.69) is 31.4 Å². The summed E-state index contributed by atoms with van der Waals surface area (Å²) >= 11 is 16.8. The van der Waals surface area contributed by atoms with E-state index in [1.54, 1.807) is 22.8 Å². The minimum absolute atomic E-state index is 0.140. The summed E-state index contributed by atoms with van der Waals surface area (Å²) in [7, 11) is 1.82. The predicted octanol–water partition coefficient (Wildman–Crippen LogP) is 5.19. The molecule has 0 aliphatic carbocycles. The molecule has 0 atom stereocenters. The second-order valence-electron chi connectivity index (χ2n) is 5.63. The second-order valence-corrected chi connectivity index (χ2v) is 8.31. The third-order valence-electron chi connectivity index (χ3n) is 3.67. The van der Waals surface area contributed by atoms with Crippen molar-refractivity contribution >= 4 is 62.5 Å². The van der Waals surface area contributed by atoms with Crippen LogP contribution in [0.3, 0.4) is 0 Å². The molecular formula is C18H15BrCl2N4O2S. The molecule has 3 aromatic rings. The monoisotopic (exact) mass is 500 g/mol. The van der Waals surface area contributed by atoms with Crippen LogP contribution in [0.2, 0.25) is 10.0 Å². The van der Waals surface area contributed by atoms with Crippen molar-refractivity contribution in [2.45, 2.75) is 11.8 Å². The number of halogens is 3. The number of hydrogen-bond acceptors (Lipinski definition) is 5. The van der Waals surface area contributed by atoms with Crippen LogP contribution in [-0.4, -0.2) is 26.4 Å². The summed E-state index contributed by atoms with van der Waals surface area (Å²) < 4.78 is 8.48. The van der Waals surface area contributed by atoms with Crippen molar-refractivity contribution in [3.8, 4) is 5.75 Å². The molecular weight excluding hydrogens is 487 g/mol. The highest BCUT2D eigenvalue weighted by atomic mass is 79.9. The minimum atomic E-state index is -0.240. The van der Waals surface area contributed by atoms with Gasteiger partial charge in [-0.2, -0.15) is 0 Å². The summed E-state index contributed by atoms with van der Waals surface area (Å²) in [6.45, 7) is 0.271. The summed E-state index contributed by atoms with van der Waals surface area (Å²) in [5.74, 6) is 1.29. The van der Waals surface area contributed by atoms with Gasteiger partial charge >= 0.3 is 0 Å². The second kappa shape index (κ2) is 9.65. The molecule has 1 amide bonds. The van der Waals surface area contributed by atoms with Gasteiger partial charge in [-0.25, -0.2) is 0 Å². The van der Waals surface area contributed by atoms with Crippen LogP contribution in [0, 0.1) is 0 Å². The number of thioether (sulfide) groups is 1. The van der Waals surface area contributed by atoms with Crippen molar-refractivity contribution < 1.29 is 9.53 Å². The van der Waals surface area contributed by atoms with Crippen molar-refractivity contribution in [2.24, 2.45) is 7.05 Å². The molecule has 1 heterocycles. The number of nitrogens with one attached hydrogen (secondary N) is 1. The summed E-state index contributed by atoms with van der Waals surface area (Å²) in [5.41, 5.74) is 0.401. The van der Waals surface area contributed by atoms with Gasteiger partial charge in [0, 0.05) is 11.5 Å². The molecule has 0 unspecified atom stereocenters. The lowest BCUT2D eigenvalue weighted by Crippen LogP contribution is -2.15. The Labute approximate surface area is 184 Å². The number of aromatic nitrogens is 3. The molecule has 0 saturated heterocycles. The fourth-order valence-electron chi connectivity index (χ4n) is 2.20. The molecule has 0 aliphatic heterocycles. The zero-order valence-corrected chi connectivity index (χ0v) is 18.6. The molecule has 1 aromatic heterocycles. The van der Waals surface area contributed by atoms with Gasteiger partial charge in [0.1, 0.15) is 12.4 Å². The largest absolute Gasteiger partial charge is 0.486 e. The number of para-hydroxylation sites is 1. The van der Waals surface area contributed by atoms with E-state index < -0.39 is 0 Å². The Morgan fingerprint density at radius 2 is 1.86 bits per heavy atom. The third kappa shape index (κ3) is 5.41. The Morgan fingerprint density at radius 1 is 1.18 bits per heavy atom. The van der Waals surface area contributed by atoms with Gasteiger partial charge in [-0.05, 0) is 36.4 Å². The molecule has 146 valence electrons. The quantitative estimate of drug-likeness (QED) is 0.451. The van der Waals surface area contributed by atoms with Crippen LogP contribution in [0.4, 0.5) is 5.69 Å². The number of hydrogen-bond donors (Lipinski definition) is 1. The number of anilines is 1. The van der Waals surface area contributed by atoms with E-state index in [0.717, 1.165) is 10.2 Å². The standard InChI is InChI=1S/C18H15BrCl2N4O2S/c1-25-15(9-27-12-7-5-11(19)6-8-12)23-24-18(25)28-10-16(26)22-17-13(20)3-2-4-14(17)21/h2-8H,9-10H2,1H3,(H,22,26). The summed E-state index contributed by atoms with van der Waals surface area (Å²) in [5, 5.41) is 12.3. The fourth-order valence-corrected chi connectivity index (χ4v) is 3.68. The number of carbonyl (C=O) groups excluding carboxylic acids is 1. The van der Waals surface area contributed by atoms with Gasteiger partial charge in [0.25, 0.3) is 0 Å². The normalized spacial score (nSPS) is 10.7. The predicted molar refractivity (Wildman–Crippen MR) is 115 cm³/mol. The zero-order valence-electron chi connectivity index (χ0n) is 14.7. The number of amides is 1. The summed E-state index contributed by atoms with van der Waals surface area (Å²) in [6, 6.07) is 12.6. The lowest BCUT2D eigenvalue weighted by atomic mass is 10.3. The van der Waals surface area contributed by atoms with Crippen LogP contribution >= 0.6 is 50.9 Å². The number of benzene rings is 2. The highest BCUT2D eigenvalue weighted by molar-refractivity contribution is 9.10. The van der Waals surface area contributed by atoms with E-state index in [1.165, 1.54) is 11.8 Å². The fraction of sp³-hybridized carbons (Fsp3) is 0.167. The Morgan fingerprint density at radius 3 is 2.54 bits per heavy atom. The molecule has 0 radical (unpaired) electrons. The molecule has 0 aliphatic rings. The van der Waals surface area contributed by atoms with E-state index in [0.29, 0.717) is 26.7 Å². The number of rotatable bonds is 7. The first-order chi connectivity index (χ1) is 13.4. The lowest BCUT2D eigenvalue weighted by Gasteiger charge is -2.09. The molecule has 0 fully saturated rings. The zero-order chi connectivity index (χ0) is 20.1. The molecule has 0 spiro atoms. The van der Waals surface area contributed by atoms with Crippen LogP contribution in [0.5, 0.6) is 5.75 Å². The molecule has 0 bridgehead atoms. The van der Waals surface area contributed by atoms with Crippen molar-refractivity contribution in [1.29, 1.82) is 0 Å². The maximum Gasteiger partial charge on any atom is 0.234 e. The third-order valence-corrected chi connectivity index (χ3v) is 5.85. The van der Waals surface area contributed by atoms with Crippen molar-refractivity contribution in [3.05, 3.63) is 62.8 Å². The Bertz CT molecular complexity index is 962. The molecule has 3 rings (SSSR count). The molecule has 1 N–H and O–H groups in total. The SMILES string of the molecule is Cn1c(COc2ccc(Br)cc2)nnc1SCC(=O)Nc1c(Cl)cccc1Cl. The Hall–Kier alpha value is -1.74. The number of ether oxygens (including phenoxy) is 1. The van der Waals surface area contributed by atoms with Gasteiger partial charge in [-0.1, -0.05) is 57.0 Å². The maximum atomic E-state index is 12.2. The van der Waals surface area contributed by atoms with Gasteiger partial charge in [0.15, 0.2) is 11.0 Å². The van der Waals surface area contributed by atoms with Gasteiger partial charge in [-0.3, -0.25) is 4.79 Å². The van der Waals surface area contributed by atoms with Crippen molar-refractivity contribution in [2.75, 3.05) is 11.1 Å². The maximum absolute atomic E-state index is 12.2. The van der Waals surface area contributed by atoms with Gasteiger partial charge in [-0.15, -0.1) is 10.2 Å². The average molecular weight is 502 g/mol. The highest BCUT2D eigenvalue weighted by Crippen LogP contribution is 2.30. The van der Waals surface area contributed by atoms with E-state index in [4.69, 9.17) is 27.9 Å². The molecule has 0 saturated carbocycles. The van der Waals surface area contributed by atoms with Crippen molar-refractivity contribution in [3.63, 3.8) is 0 Å². The average Bonchev–Trinajstić information content (AvgIpc) is 3.02. The van der Waals surface area contributed by atoms with E-state index >= 15 is 0 Å². The lowest BCUT2D eigenvalue weighted by molar-refractivity contribution is -0.113. The number of nitrogens with zero attached hydrogens (tertiary/aromatic N) is 3. The molecule has 10 heteroatoms. The van der Waals surface area contributed by atoms with Gasteiger partial charge < -0.3 is 14.6 Å². The van der Waals surface area contributed by atoms with Crippen LogP contribution in [0.1, 0.15) is 5.82 Å². The van der Waals surface area contributed by atoms with E-state index in [9.17, 15) is 4.79 Å². The first-order valence-electron chi connectivity index (χ1n) is 8.07. The van der Waals surface area contributed by atoms with Gasteiger partial charge in [0.2, 0.25) is 5.91 Å². The van der Waals surface area contributed by atoms with E-state index in [1.807, 2.05) is 31.3 Å². The van der Waals surface area contributed by atoms with Crippen LogP contribution < -0.4 is 10.1 Å². The van der Waals surface area contributed by atoms with Gasteiger partial charge in [0.05, 0.1) is 21.5 Å². The Kier molecular flexibility index (Phi) is 7.23. The van der Waals surface area contributed by atoms with Crippen LogP contribution in [0.25, 0.3) is 0 Å². The van der Waals surface area contributed by atoms with Crippen molar-refractivity contribution in [1.82, 2.24) is 14.8 Å². The topological polar surface area (TPSA) is 69.0 Å². The first-order valence-corrected chi connectivity index (χ1v) is 10.6. The highest BCUT2D eigenvalue weighted by Gasteiger charge is 2.14. The van der Waals surface area contributed by atoms with E-state index in [-0.39, 0.29) is 18.3 Å². The number of carbonyl (C=O) groups is 1. The smallest absolute Gasteiger partial charge is 0.234 e. The van der Waals surface area contributed by atoms with Crippen LogP contribution in [0.15, 0.2) is 52.1 Å². The summed E-state index contributed by atoms with van der Waals surface area (Å²) in [6.07, 6.45) is 0.